The van der Waals surface area contributed by atoms with Gasteiger partial charge in [-0.1, -0.05) is 38.0 Å². The van der Waals surface area contributed by atoms with Gasteiger partial charge in [-0.3, -0.25) is 4.79 Å². The van der Waals surface area contributed by atoms with E-state index >= 15 is 0 Å². The van der Waals surface area contributed by atoms with E-state index < -0.39 is 0 Å². The van der Waals surface area contributed by atoms with Crippen molar-refractivity contribution in [3.05, 3.63) is 30.3 Å². The molecule has 0 unspecified atom stereocenters. The van der Waals surface area contributed by atoms with Crippen LogP contribution in [0.4, 0.5) is 5.69 Å². The number of carbonyl (C=O) groups is 1. The molecule has 2 rings (SSSR count). The first-order chi connectivity index (χ1) is 9.24. The molecular weight excluding hydrogens is 236 g/mol. The van der Waals surface area contributed by atoms with Crippen molar-refractivity contribution in [2.75, 3.05) is 18.4 Å². The number of hydrogen-bond donors (Lipinski definition) is 2. The van der Waals surface area contributed by atoms with Crippen molar-refractivity contribution in [1.82, 2.24) is 5.32 Å². The highest BCUT2D eigenvalue weighted by atomic mass is 16.1. The Balaban J connectivity index is 1.62. The molecule has 0 radical (unpaired) electrons. The number of para-hydroxylation sites is 1. The largest absolute Gasteiger partial charge is 0.325 e. The minimum absolute atomic E-state index is 0.0374. The van der Waals surface area contributed by atoms with E-state index in [1.54, 1.807) is 0 Å². The molecule has 1 fully saturated rings. The highest BCUT2D eigenvalue weighted by molar-refractivity contribution is 5.92. The number of benzene rings is 1. The highest BCUT2D eigenvalue weighted by Crippen LogP contribution is 2.27. The van der Waals surface area contributed by atoms with Crippen LogP contribution in [0, 0.1) is 11.8 Å². The van der Waals surface area contributed by atoms with E-state index in [1.165, 1.54) is 25.7 Å². The van der Waals surface area contributed by atoms with Gasteiger partial charge in [-0.2, -0.15) is 0 Å². The lowest BCUT2D eigenvalue weighted by molar-refractivity contribution is -0.115. The Bertz CT molecular complexity index is 383. The SMILES string of the molecule is CC1CCC(CNCC(=O)Nc2ccccc2)CC1. The van der Waals surface area contributed by atoms with Crippen LogP contribution in [0.15, 0.2) is 30.3 Å². The quantitative estimate of drug-likeness (QED) is 0.854. The zero-order valence-corrected chi connectivity index (χ0v) is 11.7. The van der Waals surface area contributed by atoms with Crippen molar-refractivity contribution < 1.29 is 4.79 Å². The van der Waals surface area contributed by atoms with E-state index in [0.717, 1.165) is 24.1 Å². The number of rotatable bonds is 5. The number of anilines is 1. The normalized spacial score (nSPS) is 23.0. The molecule has 0 aromatic heterocycles. The Morgan fingerprint density at radius 2 is 1.84 bits per heavy atom. The molecule has 0 atom stereocenters. The fraction of sp³-hybridized carbons (Fsp3) is 0.562. The smallest absolute Gasteiger partial charge is 0.238 e. The number of hydrogen-bond acceptors (Lipinski definition) is 2. The van der Waals surface area contributed by atoms with Crippen LogP contribution in [-0.2, 0) is 4.79 Å². The highest BCUT2D eigenvalue weighted by Gasteiger charge is 2.17. The van der Waals surface area contributed by atoms with Gasteiger partial charge in [0.15, 0.2) is 0 Å². The van der Waals surface area contributed by atoms with Crippen LogP contribution in [0.2, 0.25) is 0 Å². The molecule has 0 spiro atoms. The van der Waals surface area contributed by atoms with E-state index in [1.807, 2.05) is 30.3 Å². The summed E-state index contributed by atoms with van der Waals surface area (Å²) in [6.07, 6.45) is 5.27. The molecule has 3 nitrogen and oxygen atoms in total. The monoisotopic (exact) mass is 260 g/mol. The Hall–Kier alpha value is -1.35. The molecule has 1 amide bonds. The van der Waals surface area contributed by atoms with E-state index in [9.17, 15) is 4.79 Å². The van der Waals surface area contributed by atoms with Crippen LogP contribution in [0.1, 0.15) is 32.6 Å². The first-order valence-electron chi connectivity index (χ1n) is 7.29. The fourth-order valence-corrected chi connectivity index (χ4v) is 2.65. The van der Waals surface area contributed by atoms with Gasteiger partial charge in [-0.15, -0.1) is 0 Å². The maximum absolute atomic E-state index is 11.7. The van der Waals surface area contributed by atoms with Crippen LogP contribution in [-0.4, -0.2) is 19.0 Å². The van der Waals surface area contributed by atoms with E-state index in [0.29, 0.717) is 6.54 Å². The van der Waals surface area contributed by atoms with E-state index in [2.05, 4.69) is 17.6 Å². The molecule has 1 aromatic rings. The predicted octanol–water partition coefficient (Wildman–Crippen LogP) is 3.04. The van der Waals surface area contributed by atoms with Gasteiger partial charge in [0.1, 0.15) is 0 Å². The lowest BCUT2D eigenvalue weighted by Crippen LogP contribution is -2.32. The molecule has 19 heavy (non-hydrogen) atoms. The average molecular weight is 260 g/mol. The molecule has 0 heterocycles. The van der Waals surface area contributed by atoms with Crippen molar-refractivity contribution >= 4 is 11.6 Å². The molecule has 1 aromatic carbocycles. The van der Waals surface area contributed by atoms with Crippen molar-refractivity contribution in [1.29, 1.82) is 0 Å². The summed E-state index contributed by atoms with van der Waals surface area (Å²) >= 11 is 0. The second-order valence-electron chi connectivity index (χ2n) is 5.67. The van der Waals surface area contributed by atoms with Gasteiger partial charge in [0.2, 0.25) is 5.91 Å². The maximum atomic E-state index is 11.7. The number of amides is 1. The van der Waals surface area contributed by atoms with Crippen molar-refractivity contribution in [3.8, 4) is 0 Å². The topological polar surface area (TPSA) is 41.1 Å². The summed E-state index contributed by atoms with van der Waals surface area (Å²) < 4.78 is 0. The molecule has 0 aliphatic heterocycles. The van der Waals surface area contributed by atoms with Crippen LogP contribution in [0.5, 0.6) is 0 Å². The van der Waals surface area contributed by atoms with Gasteiger partial charge in [0.05, 0.1) is 6.54 Å². The van der Waals surface area contributed by atoms with Gasteiger partial charge >= 0.3 is 0 Å². The zero-order chi connectivity index (χ0) is 13.5. The molecule has 1 aliphatic carbocycles. The standard InChI is InChI=1S/C16H24N2O/c1-13-7-9-14(10-8-13)11-17-12-16(19)18-15-5-3-2-4-6-15/h2-6,13-14,17H,7-12H2,1H3,(H,18,19). The molecule has 2 N–H and O–H groups in total. The Labute approximate surface area is 115 Å². The zero-order valence-electron chi connectivity index (χ0n) is 11.7. The van der Waals surface area contributed by atoms with E-state index in [-0.39, 0.29) is 5.91 Å². The summed E-state index contributed by atoms with van der Waals surface area (Å²) in [5.74, 6) is 1.67. The van der Waals surface area contributed by atoms with Crippen molar-refractivity contribution in [3.63, 3.8) is 0 Å². The van der Waals surface area contributed by atoms with Gasteiger partial charge < -0.3 is 10.6 Å². The number of carbonyl (C=O) groups excluding carboxylic acids is 1. The summed E-state index contributed by atoms with van der Waals surface area (Å²) in [4.78, 5) is 11.7. The second-order valence-corrected chi connectivity index (χ2v) is 5.67. The summed E-state index contributed by atoms with van der Waals surface area (Å²) in [5, 5.41) is 6.16. The minimum atomic E-state index is 0.0374. The minimum Gasteiger partial charge on any atom is -0.325 e. The Morgan fingerprint density at radius 3 is 2.53 bits per heavy atom. The summed E-state index contributed by atoms with van der Waals surface area (Å²) in [6.45, 7) is 3.70. The molecule has 104 valence electrons. The third-order valence-electron chi connectivity index (χ3n) is 3.91. The number of nitrogens with one attached hydrogen (secondary N) is 2. The molecule has 0 bridgehead atoms. The summed E-state index contributed by atoms with van der Waals surface area (Å²) in [5.41, 5.74) is 0.862. The first-order valence-corrected chi connectivity index (χ1v) is 7.29. The maximum Gasteiger partial charge on any atom is 0.238 e. The van der Waals surface area contributed by atoms with Crippen LogP contribution in [0.3, 0.4) is 0 Å². The average Bonchev–Trinajstić information content (AvgIpc) is 2.42. The van der Waals surface area contributed by atoms with Crippen LogP contribution < -0.4 is 10.6 Å². The van der Waals surface area contributed by atoms with Gasteiger partial charge in [-0.25, -0.2) is 0 Å². The fourth-order valence-electron chi connectivity index (χ4n) is 2.65. The summed E-state index contributed by atoms with van der Waals surface area (Å²) in [6, 6.07) is 9.59. The first kappa shape index (κ1) is 14.1. The van der Waals surface area contributed by atoms with Crippen molar-refractivity contribution in [2.45, 2.75) is 32.6 Å². The van der Waals surface area contributed by atoms with Crippen LogP contribution >= 0.6 is 0 Å². The second kappa shape index (κ2) is 7.29. The third-order valence-corrected chi connectivity index (χ3v) is 3.91. The molecule has 1 saturated carbocycles. The van der Waals surface area contributed by atoms with Crippen LogP contribution in [0.25, 0.3) is 0 Å². The van der Waals surface area contributed by atoms with Gasteiger partial charge in [-0.05, 0) is 43.4 Å². The molecule has 0 saturated heterocycles. The van der Waals surface area contributed by atoms with Crippen molar-refractivity contribution in [2.24, 2.45) is 11.8 Å². The molecule has 3 heteroatoms. The molecule has 1 aliphatic rings. The summed E-state index contributed by atoms with van der Waals surface area (Å²) in [7, 11) is 0. The third kappa shape index (κ3) is 5.03. The molecular formula is C16H24N2O. The lowest BCUT2D eigenvalue weighted by atomic mass is 9.83. The predicted molar refractivity (Wildman–Crippen MR) is 79.1 cm³/mol. The van der Waals surface area contributed by atoms with E-state index in [4.69, 9.17) is 0 Å². The van der Waals surface area contributed by atoms with Gasteiger partial charge in [0.25, 0.3) is 0 Å². The Kier molecular flexibility index (Phi) is 5.40. The van der Waals surface area contributed by atoms with Gasteiger partial charge in [0, 0.05) is 5.69 Å². The lowest BCUT2D eigenvalue weighted by Gasteiger charge is -2.26. The Morgan fingerprint density at radius 1 is 1.16 bits per heavy atom.